The molecule has 0 unspecified atom stereocenters. The summed E-state index contributed by atoms with van der Waals surface area (Å²) in [4.78, 5) is 34.2. The van der Waals surface area contributed by atoms with Crippen LogP contribution in [0.4, 0.5) is 10.1 Å². The molecule has 0 aliphatic carbocycles. The minimum Gasteiger partial charge on any atom is -0.469 e. The van der Waals surface area contributed by atoms with Gasteiger partial charge in [0.2, 0.25) is 5.91 Å². The summed E-state index contributed by atoms with van der Waals surface area (Å²) < 4.78 is 17.6. The molecule has 0 bridgehead atoms. The van der Waals surface area contributed by atoms with E-state index in [1.807, 2.05) is 0 Å². The Labute approximate surface area is 120 Å². The highest BCUT2D eigenvalue weighted by molar-refractivity contribution is 6.29. The van der Waals surface area contributed by atoms with E-state index in [4.69, 9.17) is 11.6 Å². The molecule has 0 fully saturated rings. The molecule has 0 saturated carbocycles. The Morgan fingerprint density at radius 1 is 1.30 bits per heavy atom. The second kappa shape index (κ2) is 7.59. The molecular weight excluding hydrogens is 289 g/mol. The Morgan fingerprint density at radius 3 is 2.60 bits per heavy atom. The summed E-state index contributed by atoms with van der Waals surface area (Å²) in [7, 11) is 1.21. The van der Waals surface area contributed by atoms with E-state index in [-0.39, 0.29) is 30.0 Å². The molecule has 1 rings (SSSR count). The van der Waals surface area contributed by atoms with Gasteiger partial charge in [-0.1, -0.05) is 0 Å². The van der Waals surface area contributed by atoms with Crippen molar-refractivity contribution in [2.24, 2.45) is 0 Å². The molecule has 0 aromatic heterocycles. The van der Waals surface area contributed by atoms with Crippen LogP contribution in [0.25, 0.3) is 0 Å². The molecule has 1 N–H and O–H groups in total. The highest BCUT2D eigenvalue weighted by Gasteiger charge is 2.16. The van der Waals surface area contributed by atoms with E-state index in [2.05, 4.69) is 10.1 Å². The van der Waals surface area contributed by atoms with E-state index in [0.29, 0.717) is 0 Å². The first-order valence-corrected chi connectivity index (χ1v) is 6.26. The summed E-state index contributed by atoms with van der Waals surface area (Å²) >= 11 is 5.35. The third-order valence-electron chi connectivity index (χ3n) is 2.46. The maximum atomic E-state index is 13.2. The van der Waals surface area contributed by atoms with Crippen molar-refractivity contribution < 1.29 is 23.5 Å². The van der Waals surface area contributed by atoms with Crippen LogP contribution >= 0.6 is 11.6 Å². The first-order valence-electron chi connectivity index (χ1n) is 5.73. The lowest BCUT2D eigenvalue weighted by Gasteiger charge is -2.09. The number of ether oxygens (including phenoxy) is 1. The summed E-state index contributed by atoms with van der Waals surface area (Å²) in [6.45, 7) is 0. The van der Waals surface area contributed by atoms with Crippen molar-refractivity contribution in [3.8, 4) is 0 Å². The number of halogens is 2. The number of hydrogen-bond donors (Lipinski definition) is 1. The van der Waals surface area contributed by atoms with Gasteiger partial charge in [-0.15, -0.1) is 11.6 Å². The molecule has 108 valence electrons. The Morgan fingerprint density at radius 2 is 2.00 bits per heavy atom. The maximum absolute atomic E-state index is 13.2. The fourth-order valence-corrected chi connectivity index (χ4v) is 1.56. The number of methoxy groups -OCH3 is 1. The van der Waals surface area contributed by atoms with Crippen molar-refractivity contribution in [3.63, 3.8) is 0 Å². The van der Waals surface area contributed by atoms with E-state index in [9.17, 15) is 18.8 Å². The molecule has 5 nitrogen and oxygen atoms in total. The van der Waals surface area contributed by atoms with Crippen molar-refractivity contribution >= 4 is 34.9 Å². The summed E-state index contributed by atoms with van der Waals surface area (Å²) in [5.74, 6) is -2.43. The highest BCUT2D eigenvalue weighted by atomic mass is 35.5. The number of anilines is 1. The molecule has 20 heavy (non-hydrogen) atoms. The molecule has 7 heteroatoms. The average molecular weight is 302 g/mol. The number of amides is 1. The van der Waals surface area contributed by atoms with Crippen molar-refractivity contribution in [2.75, 3.05) is 18.3 Å². The molecule has 0 spiro atoms. The highest BCUT2D eigenvalue weighted by Crippen LogP contribution is 2.19. The summed E-state index contributed by atoms with van der Waals surface area (Å²) in [6, 6.07) is 3.38. The number of Topliss-reactive ketones (excluding diaryl/α,β-unsaturated/α-hetero) is 1. The lowest BCUT2D eigenvalue weighted by Crippen LogP contribution is -2.16. The number of rotatable bonds is 6. The Bertz CT molecular complexity index is 533. The fraction of sp³-hybridized carbons (Fsp3) is 0.308. The zero-order chi connectivity index (χ0) is 15.1. The number of alkyl halides is 1. The minimum absolute atomic E-state index is 0.00707. The number of benzene rings is 1. The van der Waals surface area contributed by atoms with E-state index in [1.165, 1.54) is 13.2 Å². The van der Waals surface area contributed by atoms with E-state index in [1.54, 1.807) is 0 Å². The van der Waals surface area contributed by atoms with Gasteiger partial charge in [0.25, 0.3) is 0 Å². The number of carbonyl (C=O) groups is 3. The van der Waals surface area contributed by atoms with Gasteiger partial charge in [0, 0.05) is 12.0 Å². The summed E-state index contributed by atoms with van der Waals surface area (Å²) in [6.07, 6.45) is -0.255. The molecule has 1 aromatic carbocycles. The topological polar surface area (TPSA) is 72.5 Å². The molecule has 0 aliphatic heterocycles. The SMILES string of the molecule is COC(=O)CCC(=O)c1cc(F)ccc1NC(=O)CCl. The number of carbonyl (C=O) groups excluding carboxylic acids is 3. The molecule has 1 amide bonds. The molecule has 0 aliphatic rings. The number of hydrogen-bond acceptors (Lipinski definition) is 4. The predicted molar refractivity (Wildman–Crippen MR) is 71.3 cm³/mol. The number of nitrogens with one attached hydrogen (secondary N) is 1. The smallest absolute Gasteiger partial charge is 0.305 e. The van der Waals surface area contributed by atoms with Crippen LogP contribution in [0.15, 0.2) is 18.2 Å². The Kier molecular flexibility index (Phi) is 6.11. The van der Waals surface area contributed by atoms with Crippen LogP contribution in [0.3, 0.4) is 0 Å². The van der Waals surface area contributed by atoms with Crippen LogP contribution in [0.2, 0.25) is 0 Å². The second-order valence-electron chi connectivity index (χ2n) is 3.87. The molecule has 0 radical (unpaired) electrons. The van der Waals surface area contributed by atoms with Gasteiger partial charge >= 0.3 is 5.97 Å². The zero-order valence-electron chi connectivity index (χ0n) is 10.7. The first-order chi connectivity index (χ1) is 9.47. The maximum Gasteiger partial charge on any atom is 0.305 e. The lowest BCUT2D eigenvalue weighted by molar-refractivity contribution is -0.140. The van der Waals surface area contributed by atoms with Crippen molar-refractivity contribution in [1.29, 1.82) is 0 Å². The molecule has 1 aromatic rings. The fourth-order valence-electron chi connectivity index (χ4n) is 1.49. The summed E-state index contributed by atoms with van der Waals surface area (Å²) in [5, 5.41) is 2.40. The zero-order valence-corrected chi connectivity index (χ0v) is 11.5. The van der Waals surface area contributed by atoms with Gasteiger partial charge in [-0.05, 0) is 18.2 Å². The van der Waals surface area contributed by atoms with Crippen molar-refractivity contribution in [1.82, 2.24) is 0 Å². The monoisotopic (exact) mass is 301 g/mol. The summed E-state index contributed by atoms with van der Waals surface area (Å²) in [5.41, 5.74) is 0.152. The average Bonchev–Trinajstić information content (AvgIpc) is 2.45. The van der Waals surface area contributed by atoms with Crippen LogP contribution in [0.1, 0.15) is 23.2 Å². The third-order valence-corrected chi connectivity index (χ3v) is 2.70. The standard InChI is InChI=1S/C13H13ClFNO4/c1-20-13(19)5-4-11(17)9-6-8(15)2-3-10(9)16-12(18)7-14/h2-3,6H,4-5,7H2,1H3,(H,16,18). The van der Waals surface area contributed by atoms with E-state index < -0.39 is 23.5 Å². The van der Waals surface area contributed by atoms with Crippen molar-refractivity contribution in [3.05, 3.63) is 29.6 Å². The van der Waals surface area contributed by atoms with Gasteiger partial charge in [-0.3, -0.25) is 14.4 Å². The van der Waals surface area contributed by atoms with Crippen LogP contribution in [0, 0.1) is 5.82 Å². The Balaban J connectivity index is 2.90. The van der Waals surface area contributed by atoms with E-state index in [0.717, 1.165) is 12.1 Å². The minimum atomic E-state index is -0.615. The van der Waals surface area contributed by atoms with Crippen molar-refractivity contribution in [2.45, 2.75) is 12.8 Å². The van der Waals surface area contributed by atoms with Crippen LogP contribution in [-0.4, -0.2) is 30.6 Å². The first kappa shape index (κ1) is 16.1. The third kappa shape index (κ3) is 4.62. The molecule has 0 atom stereocenters. The number of ketones is 1. The second-order valence-corrected chi connectivity index (χ2v) is 4.14. The largest absolute Gasteiger partial charge is 0.469 e. The Hall–Kier alpha value is -1.95. The van der Waals surface area contributed by atoms with E-state index >= 15 is 0 Å². The normalized spacial score (nSPS) is 9.95. The molecule has 0 saturated heterocycles. The molecular formula is C13H13ClFNO4. The van der Waals surface area contributed by atoms with Gasteiger partial charge in [0.05, 0.1) is 19.2 Å². The van der Waals surface area contributed by atoms with Gasteiger partial charge in [0.1, 0.15) is 11.7 Å². The van der Waals surface area contributed by atoms with Gasteiger partial charge < -0.3 is 10.1 Å². The van der Waals surface area contributed by atoms with Crippen LogP contribution in [-0.2, 0) is 14.3 Å². The van der Waals surface area contributed by atoms with Crippen LogP contribution in [0.5, 0.6) is 0 Å². The molecule has 0 heterocycles. The van der Waals surface area contributed by atoms with Crippen LogP contribution < -0.4 is 5.32 Å². The predicted octanol–water partition coefficient (Wildman–Crippen LogP) is 2.14. The number of esters is 1. The van der Waals surface area contributed by atoms with Gasteiger partial charge in [-0.25, -0.2) is 4.39 Å². The van der Waals surface area contributed by atoms with Gasteiger partial charge in [-0.2, -0.15) is 0 Å². The lowest BCUT2D eigenvalue weighted by atomic mass is 10.0. The van der Waals surface area contributed by atoms with Gasteiger partial charge in [0.15, 0.2) is 5.78 Å². The quantitative estimate of drug-likeness (QED) is 0.496.